The van der Waals surface area contributed by atoms with Crippen LogP contribution in [0.25, 0.3) is 0 Å². The lowest BCUT2D eigenvalue weighted by atomic mass is 10.1. The van der Waals surface area contributed by atoms with Crippen LogP contribution in [0.4, 0.5) is 5.69 Å². The first-order chi connectivity index (χ1) is 15.5. The van der Waals surface area contributed by atoms with Crippen molar-refractivity contribution in [3.05, 3.63) is 77.6 Å². The Kier molecular flexibility index (Phi) is 8.22. The van der Waals surface area contributed by atoms with E-state index in [1.807, 2.05) is 76.2 Å². The van der Waals surface area contributed by atoms with E-state index in [1.54, 1.807) is 12.1 Å². The molecule has 0 saturated heterocycles. The molecule has 3 rings (SSSR count). The average molecular weight is 435 g/mol. The maximum Gasteiger partial charge on any atom is 0.257 e. The lowest BCUT2D eigenvalue weighted by Crippen LogP contribution is -2.16. The van der Waals surface area contributed by atoms with Crippen molar-refractivity contribution in [1.29, 1.82) is 0 Å². The molecule has 0 radical (unpaired) electrons. The minimum atomic E-state index is -0.199. The number of pyridine rings is 1. The number of hydrogen-bond acceptors (Lipinski definition) is 5. The van der Waals surface area contributed by atoms with Crippen molar-refractivity contribution in [3.8, 4) is 17.2 Å². The Balaban J connectivity index is 1.63. The first-order valence-electron chi connectivity index (χ1n) is 10.9. The minimum absolute atomic E-state index is 0.0906. The van der Waals surface area contributed by atoms with Crippen LogP contribution in [0.15, 0.2) is 60.7 Å². The van der Waals surface area contributed by atoms with Crippen molar-refractivity contribution >= 4 is 11.6 Å². The summed E-state index contributed by atoms with van der Waals surface area (Å²) in [5.74, 6) is 1.79. The fraction of sp³-hybridized carbons (Fsp3) is 0.308. The number of aryl methyl sites for hydroxylation is 1. The van der Waals surface area contributed by atoms with Gasteiger partial charge >= 0.3 is 0 Å². The average Bonchev–Trinajstić information content (AvgIpc) is 2.77. The summed E-state index contributed by atoms with van der Waals surface area (Å²) in [6.07, 6.45) is 0.803. The van der Waals surface area contributed by atoms with Crippen molar-refractivity contribution in [2.24, 2.45) is 0 Å². The van der Waals surface area contributed by atoms with Gasteiger partial charge < -0.3 is 19.5 Å². The zero-order valence-electron chi connectivity index (χ0n) is 19.1. The molecule has 2 aromatic carbocycles. The summed E-state index contributed by atoms with van der Waals surface area (Å²) in [7, 11) is 0. The largest absolute Gasteiger partial charge is 0.490 e. The number of amides is 1. The van der Waals surface area contributed by atoms with E-state index in [0.29, 0.717) is 53.8 Å². The van der Waals surface area contributed by atoms with Crippen LogP contribution in [0, 0.1) is 6.92 Å². The molecule has 1 atom stereocenters. The van der Waals surface area contributed by atoms with Gasteiger partial charge in [0.15, 0.2) is 11.5 Å². The molecule has 3 aromatic rings. The molecular weight excluding hydrogens is 404 g/mol. The van der Waals surface area contributed by atoms with Crippen molar-refractivity contribution in [3.63, 3.8) is 0 Å². The van der Waals surface area contributed by atoms with E-state index in [9.17, 15) is 4.79 Å². The van der Waals surface area contributed by atoms with Gasteiger partial charge in [0.25, 0.3) is 5.91 Å². The number of benzene rings is 2. The van der Waals surface area contributed by atoms with Gasteiger partial charge in [-0.3, -0.25) is 9.78 Å². The molecule has 32 heavy (non-hydrogen) atoms. The second kappa shape index (κ2) is 11.3. The van der Waals surface area contributed by atoms with Gasteiger partial charge in [-0.15, -0.1) is 0 Å². The van der Waals surface area contributed by atoms with Gasteiger partial charge in [-0.25, -0.2) is 0 Å². The number of anilines is 1. The summed E-state index contributed by atoms with van der Waals surface area (Å²) in [5.41, 5.74) is 2.82. The predicted molar refractivity (Wildman–Crippen MR) is 126 cm³/mol. The monoisotopic (exact) mass is 434 g/mol. The van der Waals surface area contributed by atoms with Gasteiger partial charge in [0, 0.05) is 24.4 Å². The highest BCUT2D eigenvalue weighted by Gasteiger charge is 2.13. The van der Waals surface area contributed by atoms with Gasteiger partial charge in [0.2, 0.25) is 0 Å². The summed E-state index contributed by atoms with van der Waals surface area (Å²) in [6.45, 7) is 9.00. The highest BCUT2D eigenvalue weighted by atomic mass is 16.5. The molecule has 168 valence electrons. The molecule has 0 aliphatic heterocycles. The molecule has 1 amide bonds. The highest BCUT2D eigenvalue weighted by Crippen LogP contribution is 2.31. The SMILES string of the molecule is CCOc1ccccc1Oc1ccc(NC(=O)c2ccc(CC(C)OCC)nc2C)cc1. The third-order valence-electron chi connectivity index (χ3n) is 4.82. The fourth-order valence-corrected chi connectivity index (χ4v) is 3.35. The second-order valence-corrected chi connectivity index (χ2v) is 7.37. The quantitative estimate of drug-likeness (QED) is 0.437. The third-order valence-corrected chi connectivity index (χ3v) is 4.82. The Morgan fingerprint density at radius 1 is 0.969 bits per heavy atom. The maximum absolute atomic E-state index is 12.7. The number of nitrogens with zero attached hydrogens (tertiary/aromatic N) is 1. The van der Waals surface area contributed by atoms with Crippen LogP contribution in [0.3, 0.4) is 0 Å². The summed E-state index contributed by atoms with van der Waals surface area (Å²) >= 11 is 0. The van der Waals surface area contributed by atoms with Gasteiger partial charge in [0.1, 0.15) is 5.75 Å². The highest BCUT2D eigenvalue weighted by molar-refractivity contribution is 6.05. The number of nitrogens with one attached hydrogen (secondary N) is 1. The summed E-state index contributed by atoms with van der Waals surface area (Å²) in [6, 6.07) is 18.4. The van der Waals surface area contributed by atoms with Crippen molar-refractivity contribution in [2.75, 3.05) is 18.5 Å². The summed E-state index contributed by atoms with van der Waals surface area (Å²) < 4.78 is 17.1. The van der Waals surface area contributed by atoms with Gasteiger partial charge in [0.05, 0.1) is 24.0 Å². The molecule has 6 nitrogen and oxygen atoms in total. The summed E-state index contributed by atoms with van der Waals surface area (Å²) in [4.78, 5) is 17.3. The van der Waals surface area contributed by atoms with Crippen LogP contribution >= 0.6 is 0 Å². The molecule has 0 aliphatic rings. The minimum Gasteiger partial charge on any atom is -0.490 e. The lowest BCUT2D eigenvalue weighted by molar-refractivity contribution is 0.0761. The molecule has 1 aromatic heterocycles. The summed E-state index contributed by atoms with van der Waals surface area (Å²) in [5, 5.41) is 2.92. The van der Waals surface area contributed by atoms with Crippen LogP contribution in [0.1, 0.15) is 42.5 Å². The number of rotatable bonds is 10. The second-order valence-electron chi connectivity index (χ2n) is 7.37. The van der Waals surface area contributed by atoms with E-state index in [-0.39, 0.29) is 12.0 Å². The molecule has 0 aliphatic carbocycles. The van der Waals surface area contributed by atoms with E-state index >= 15 is 0 Å². The maximum atomic E-state index is 12.7. The molecule has 0 saturated carbocycles. The number of ether oxygens (including phenoxy) is 3. The normalized spacial score (nSPS) is 11.6. The third kappa shape index (κ3) is 6.31. The van der Waals surface area contributed by atoms with E-state index in [0.717, 1.165) is 5.69 Å². The number of para-hydroxylation sites is 2. The number of aromatic nitrogens is 1. The van der Waals surface area contributed by atoms with E-state index in [4.69, 9.17) is 14.2 Å². The number of carbonyl (C=O) groups excluding carboxylic acids is 1. The van der Waals surface area contributed by atoms with E-state index in [1.165, 1.54) is 0 Å². The topological polar surface area (TPSA) is 69.7 Å². The van der Waals surface area contributed by atoms with Crippen molar-refractivity contribution < 1.29 is 19.0 Å². The van der Waals surface area contributed by atoms with Crippen LogP contribution in [0.5, 0.6) is 17.2 Å². The Labute approximate surface area is 189 Å². The van der Waals surface area contributed by atoms with E-state index < -0.39 is 0 Å². The molecule has 1 unspecified atom stereocenters. The van der Waals surface area contributed by atoms with Gasteiger partial charge in [-0.05, 0) is 76.2 Å². The molecule has 6 heteroatoms. The predicted octanol–water partition coefficient (Wildman–Crippen LogP) is 5.80. The zero-order chi connectivity index (χ0) is 22.9. The van der Waals surface area contributed by atoms with Crippen molar-refractivity contribution in [1.82, 2.24) is 4.98 Å². The number of carbonyl (C=O) groups is 1. The first kappa shape index (κ1) is 23.3. The Morgan fingerprint density at radius 3 is 2.34 bits per heavy atom. The van der Waals surface area contributed by atoms with Crippen molar-refractivity contribution in [2.45, 2.75) is 40.2 Å². The Bertz CT molecular complexity index is 1030. The van der Waals surface area contributed by atoms with E-state index in [2.05, 4.69) is 10.3 Å². The van der Waals surface area contributed by atoms with Crippen LogP contribution in [-0.2, 0) is 11.2 Å². The number of hydrogen-bond donors (Lipinski definition) is 1. The van der Waals surface area contributed by atoms with Crippen LogP contribution in [0.2, 0.25) is 0 Å². The van der Waals surface area contributed by atoms with Gasteiger partial charge in [-0.2, -0.15) is 0 Å². The van der Waals surface area contributed by atoms with Crippen LogP contribution < -0.4 is 14.8 Å². The standard InChI is InChI=1S/C26H30N2O4/c1-5-30-18(3)17-21-13-16-23(19(4)27-21)26(29)28-20-11-14-22(15-12-20)32-25-10-8-7-9-24(25)31-6-2/h7-16,18H,5-6,17H2,1-4H3,(H,28,29). The van der Waals surface area contributed by atoms with Gasteiger partial charge in [-0.1, -0.05) is 12.1 Å². The lowest BCUT2D eigenvalue weighted by Gasteiger charge is -2.13. The molecule has 1 N–H and O–H groups in total. The fourth-order valence-electron chi connectivity index (χ4n) is 3.35. The Morgan fingerprint density at radius 2 is 1.69 bits per heavy atom. The first-order valence-corrected chi connectivity index (χ1v) is 10.9. The smallest absolute Gasteiger partial charge is 0.257 e. The molecule has 0 fully saturated rings. The Hall–Kier alpha value is -3.38. The molecular formula is C26H30N2O4. The zero-order valence-corrected chi connectivity index (χ0v) is 19.1. The molecule has 0 spiro atoms. The molecule has 1 heterocycles. The van der Waals surface area contributed by atoms with Crippen LogP contribution in [-0.4, -0.2) is 30.2 Å². The molecule has 0 bridgehead atoms.